The van der Waals surface area contributed by atoms with E-state index in [1.165, 1.54) is 21.7 Å². The Morgan fingerprint density at radius 3 is 2.88 bits per heavy atom. The molecule has 1 amide bonds. The molecule has 7 nitrogen and oxygen atoms in total. The number of carbonyl (C=O) groups is 1. The number of benzene rings is 1. The van der Waals surface area contributed by atoms with Gasteiger partial charge < -0.3 is 9.30 Å². The van der Waals surface area contributed by atoms with Crippen molar-refractivity contribution in [2.45, 2.75) is 43.0 Å². The van der Waals surface area contributed by atoms with Crippen molar-refractivity contribution in [3.8, 4) is 0 Å². The number of carbonyl (C=O) groups excluding carboxylic acids is 1. The molecule has 1 aliphatic rings. The van der Waals surface area contributed by atoms with Crippen LogP contribution in [0, 0.1) is 5.82 Å². The van der Waals surface area contributed by atoms with E-state index in [-0.39, 0.29) is 10.8 Å². The summed E-state index contributed by atoms with van der Waals surface area (Å²) in [4.78, 5) is 17.9. The highest BCUT2D eigenvalue weighted by atomic mass is 32.2. The van der Waals surface area contributed by atoms with E-state index in [0.29, 0.717) is 47.6 Å². The van der Waals surface area contributed by atoms with E-state index in [1.807, 2.05) is 6.92 Å². The standard InChI is InChI=1S/C21H24FN3O4S3/c1-2-29-13-12-24-19-15(22)7-5-9-17(19)31-21(24)23-20(26)16-8-3-4-11-25(16)32(27,28)18-10-6-14-30-18/h5-7,9-10,14,16H,2-4,8,11-13H2,1H3. The maximum atomic E-state index is 14.6. The molecule has 1 saturated heterocycles. The molecule has 0 N–H and O–H groups in total. The van der Waals surface area contributed by atoms with Crippen molar-refractivity contribution in [1.29, 1.82) is 0 Å². The fourth-order valence-corrected chi connectivity index (χ4v) is 7.66. The largest absolute Gasteiger partial charge is 0.380 e. The van der Waals surface area contributed by atoms with Gasteiger partial charge in [-0.3, -0.25) is 4.79 Å². The number of piperidine rings is 1. The van der Waals surface area contributed by atoms with Gasteiger partial charge in [0.25, 0.3) is 15.9 Å². The molecule has 32 heavy (non-hydrogen) atoms. The van der Waals surface area contributed by atoms with Gasteiger partial charge in [-0.05, 0) is 43.3 Å². The topological polar surface area (TPSA) is 81.0 Å². The van der Waals surface area contributed by atoms with E-state index in [9.17, 15) is 17.6 Å². The highest BCUT2D eigenvalue weighted by Crippen LogP contribution is 2.28. The minimum Gasteiger partial charge on any atom is -0.380 e. The summed E-state index contributed by atoms with van der Waals surface area (Å²) >= 11 is 2.34. The smallest absolute Gasteiger partial charge is 0.266 e. The summed E-state index contributed by atoms with van der Waals surface area (Å²) in [6, 6.07) is 7.11. The molecule has 0 saturated carbocycles. The molecule has 3 aromatic rings. The van der Waals surface area contributed by atoms with Gasteiger partial charge in [0.2, 0.25) is 0 Å². The second kappa shape index (κ2) is 9.92. The number of rotatable bonds is 7. The molecule has 1 aromatic carbocycles. The maximum absolute atomic E-state index is 14.6. The number of fused-ring (bicyclic) bond motifs is 1. The van der Waals surface area contributed by atoms with Crippen LogP contribution in [0.3, 0.4) is 0 Å². The number of ether oxygens (including phenoxy) is 1. The van der Waals surface area contributed by atoms with Crippen LogP contribution in [0.1, 0.15) is 26.2 Å². The second-order valence-electron chi connectivity index (χ2n) is 7.33. The molecule has 0 radical (unpaired) electrons. The van der Waals surface area contributed by atoms with Crippen LogP contribution in [-0.2, 0) is 26.1 Å². The molecule has 1 unspecified atom stereocenters. The summed E-state index contributed by atoms with van der Waals surface area (Å²) in [6.45, 7) is 3.35. The maximum Gasteiger partial charge on any atom is 0.266 e. The highest BCUT2D eigenvalue weighted by Gasteiger charge is 2.38. The summed E-state index contributed by atoms with van der Waals surface area (Å²) in [5.74, 6) is -0.925. The van der Waals surface area contributed by atoms with Crippen molar-refractivity contribution < 1.29 is 22.3 Å². The molecule has 0 bridgehead atoms. The third-order valence-corrected chi connectivity index (χ3v) is 9.64. The molecule has 3 heterocycles. The van der Waals surface area contributed by atoms with E-state index in [2.05, 4.69) is 4.99 Å². The Hall–Kier alpha value is -1.92. The van der Waals surface area contributed by atoms with Crippen LogP contribution in [0.25, 0.3) is 10.2 Å². The molecule has 1 aliphatic heterocycles. The lowest BCUT2D eigenvalue weighted by Gasteiger charge is -2.31. The first-order chi connectivity index (χ1) is 15.4. The first-order valence-corrected chi connectivity index (χ1v) is 13.6. The predicted molar refractivity (Wildman–Crippen MR) is 123 cm³/mol. The van der Waals surface area contributed by atoms with Gasteiger partial charge in [0.1, 0.15) is 16.1 Å². The Morgan fingerprint density at radius 2 is 2.12 bits per heavy atom. The molecule has 2 aromatic heterocycles. The number of thiazole rings is 1. The second-order valence-corrected chi connectivity index (χ2v) is 11.4. The number of amides is 1. The lowest BCUT2D eigenvalue weighted by atomic mass is 10.0. The number of para-hydroxylation sites is 1. The summed E-state index contributed by atoms with van der Waals surface area (Å²) in [6.07, 6.45) is 1.84. The minimum atomic E-state index is -3.78. The molecule has 0 spiro atoms. The van der Waals surface area contributed by atoms with E-state index in [4.69, 9.17) is 4.74 Å². The fourth-order valence-electron chi connectivity index (χ4n) is 3.81. The molecule has 172 valence electrons. The Kier molecular flexibility index (Phi) is 7.21. The first kappa shape index (κ1) is 23.2. The number of aromatic nitrogens is 1. The summed E-state index contributed by atoms with van der Waals surface area (Å²) in [5, 5.41) is 1.70. The third kappa shape index (κ3) is 4.58. The number of halogens is 1. The summed E-state index contributed by atoms with van der Waals surface area (Å²) in [5.41, 5.74) is 0.371. The van der Waals surface area contributed by atoms with Crippen molar-refractivity contribution in [3.63, 3.8) is 0 Å². The average molecular weight is 498 g/mol. The van der Waals surface area contributed by atoms with Gasteiger partial charge in [0.15, 0.2) is 4.80 Å². The predicted octanol–water partition coefficient (Wildman–Crippen LogP) is 3.61. The van der Waals surface area contributed by atoms with Crippen molar-refractivity contribution in [1.82, 2.24) is 8.87 Å². The summed E-state index contributed by atoms with van der Waals surface area (Å²) < 4.78 is 50.0. The highest BCUT2D eigenvalue weighted by molar-refractivity contribution is 7.91. The first-order valence-electron chi connectivity index (χ1n) is 10.4. The van der Waals surface area contributed by atoms with Crippen LogP contribution in [0.5, 0.6) is 0 Å². The van der Waals surface area contributed by atoms with Crippen molar-refractivity contribution in [3.05, 3.63) is 46.3 Å². The normalized spacial score (nSPS) is 18.4. The molecule has 1 fully saturated rings. The number of sulfonamides is 1. The Labute approximate surface area is 193 Å². The molecular weight excluding hydrogens is 473 g/mol. The quantitative estimate of drug-likeness (QED) is 0.467. The van der Waals surface area contributed by atoms with Crippen LogP contribution in [0.2, 0.25) is 0 Å². The number of thiophene rings is 1. The minimum absolute atomic E-state index is 0.216. The number of hydrogen-bond donors (Lipinski definition) is 0. The number of nitrogens with zero attached hydrogens (tertiary/aromatic N) is 3. The SMILES string of the molecule is CCOCCn1c(=NC(=O)C2CCCCN2S(=O)(=O)c2cccs2)sc2cccc(F)c21. The van der Waals surface area contributed by atoms with Crippen LogP contribution in [0.4, 0.5) is 4.39 Å². The zero-order valence-electron chi connectivity index (χ0n) is 17.6. The Morgan fingerprint density at radius 1 is 1.28 bits per heavy atom. The van der Waals surface area contributed by atoms with Crippen LogP contribution >= 0.6 is 22.7 Å². The zero-order valence-corrected chi connectivity index (χ0v) is 20.0. The van der Waals surface area contributed by atoms with Gasteiger partial charge in [-0.1, -0.05) is 29.9 Å². The Bertz CT molecular complexity index is 1270. The third-order valence-electron chi connectivity index (χ3n) is 5.32. The van der Waals surface area contributed by atoms with Gasteiger partial charge >= 0.3 is 0 Å². The van der Waals surface area contributed by atoms with Crippen LogP contribution in [-0.4, -0.2) is 49.0 Å². The van der Waals surface area contributed by atoms with Gasteiger partial charge in [0.05, 0.1) is 16.8 Å². The average Bonchev–Trinajstić information content (AvgIpc) is 3.44. The van der Waals surface area contributed by atoms with Crippen LogP contribution in [0.15, 0.2) is 44.9 Å². The molecular formula is C21H24FN3O4S3. The Balaban J connectivity index is 1.73. The van der Waals surface area contributed by atoms with Crippen molar-refractivity contribution >= 4 is 48.8 Å². The molecule has 0 aliphatic carbocycles. The van der Waals surface area contributed by atoms with Crippen molar-refractivity contribution in [2.75, 3.05) is 19.8 Å². The monoisotopic (exact) mass is 497 g/mol. The fraction of sp³-hybridized carbons (Fsp3) is 0.429. The van der Waals surface area contributed by atoms with Gasteiger partial charge in [-0.15, -0.1) is 11.3 Å². The molecule has 4 rings (SSSR count). The number of hydrogen-bond acceptors (Lipinski definition) is 6. The van der Waals surface area contributed by atoms with E-state index in [0.717, 1.165) is 17.8 Å². The van der Waals surface area contributed by atoms with Crippen LogP contribution < -0.4 is 4.80 Å². The lowest BCUT2D eigenvalue weighted by Crippen LogP contribution is -2.47. The zero-order chi connectivity index (χ0) is 22.7. The van der Waals surface area contributed by atoms with Gasteiger partial charge in [-0.25, -0.2) is 12.8 Å². The van der Waals surface area contributed by atoms with Crippen molar-refractivity contribution in [2.24, 2.45) is 4.99 Å². The van der Waals surface area contributed by atoms with Gasteiger partial charge in [0, 0.05) is 19.7 Å². The van der Waals surface area contributed by atoms with E-state index in [1.54, 1.807) is 34.2 Å². The van der Waals surface area contributed by atoms with E-state index < -0.39 is 27.8 Å². The summed E-state index contributed by atoms with van der Waals surface area (Å²) in [7, 11) is -3.78. The van der Waals surface area contributed by atoms with Gasteiger partial charge in [-0.2, -0.15) is 9.30 Å². The molecule has 11 heteroatoms. The van der Waals surface area contributed by atoms with E-state index >= 15 is 0 Å². The molecule has 1 atom stereocenters. The lowest BCUT2D eigenvalue weighted by molar-refractivity contribution is -0.122.